The molecule has 2 fully saturated rings. The zero-order valence-electron chi connectivity index (χ0n) is 18.7. The maximum Gasteiger partial charge on any atom is 0.0810 e. The minimum absolute atomic E-state index is 0.653. The average molecular weight is 400 g/mol. The molecule has 28 heavy (non-hydrogen) atoms. The molecule has 0 bridgehead atoms. The summed E-state index contributed by atoms with van der Waals surface area (Å²) in [6.07, 6.45) is 13.4. The zero-order chi connectivity index (χ0) is 20.3. The number of nitrogens with one attached hydrogen (secondary N) is 1. The SMILES string of the molecule is CCCCCCCCCC[C@@H]1CO1.NCCNCCN1CCN(CCN)CC1. The van der Waals surface area contributed by atoms with Gasteiger partial charge < -0.3 is 21.5 Å². The zero-order valence-corrected chi connectivity index (χ0v) is 18.7. The molecule has 2 heterocycles. The maximum absolute atomic E-state index is 5.53. The van der Waals surface area contributed by atoms with Gasteiger partial charge in [0.15, 0.2) is 0 Å². The Kier molecular flexibility index (Phi) is 17.3. The lowest BCUT2D eigenvalue weighted by Crippen LogP contribution is -2.49. The molecule has 0 saturated carbocycles. The van der Waals surface area contributed by atoms with Gasteiger partial charge in [0.2, 0.25) is 0 Å². The number of unbranched alkanes of at least 4 members (excludes halogenated alkanes) is 7. The Hall–Kier alpha value is -0.240. The van der Waals surface area contributed by atoms with Crippen molar-refractivity contribution in [3.63, 3.8) is 0 Å². The molecule has 0 spiro atoms. The summed E-state index contributed by atoms with van der Waals surface area (Å²) in [6.45, 7) is 13.6. The lowest BCUT2D eigenvalue weighted by atomic mass is 10.1. The Balaban J connectivity index is 0.000000283. The van der Waals surface area contributed by atoms with Crippen molar-refractivity contribution in [3.05, 3.63) is 0 Å². The molecule has 0 unspecified atom stereocenters. The summed E-state index contributed by atoms with van der Waals surface area (Å²) in [5.41, 5.74) is 10.9. The monoisotopic (exact) mass is 399 g/mol. The van der Waals surface area contributed by atoms with Crippen LogP contribution in [0.2, 0.25) is 0 Å². The van der Waals surface area contributed by atoms with E-state index in [9.17, 15) is 0 Å². The standard InChI is InChI=1S/C12H24O.C10H25N5/c1-2-3-4-5-6-7-8-9-10-12-11-13-12;11-1-3-13-4-6-15-9-7-14(5-2-12)8-10-15/h12H,2-11H2,1H3;13H,1-12H2/t12-;/m1./s1. The van der Waals surface area contributed by atoms with Crippen LogP contribution < -0.4 is 16.8 Å². The third-order valence-electron chi connectivity index (χ3n) is 5.62. The van der Waals surface area contributed by atoms with Gasteiger partial charge in [0.05, 0.1) is 12.7 Å². The van der Waals surface area contributed by atoms with Crippen molar-refractivity contribution >= 4 is 0 Å². The highest BCUT2D eigenvalue weighted by atomic mass is 16.6. The fourth-order valence-electron chi connectivity index (χ4n) is 3.62. The van der Waals surface area contributed by atoms with Gasteiger partial charge in [-0.15, -0.1) is 0 Å². The lowest BCUT2D eigenvalue weighted by Gasteiger charge is -2.34. The first kappa shape index (κ1) is 25.8. The fraction of sp³-hybridized carbons (Fsp3) is 1.00. The van der Waals surface area contributed by atoms with Crippen molar-refractivity contribution in [3.8, 4) is 0 Å². The molecule has 0 amide bonds. The van der Waals surface area contributed by atoms with Crippen LogP contribution in [0.25, 0.3) is 0 Å². The van der Waals surface area contributed by atoms with Gasteiger partial charge in [-0.25, -0.2) is 0 Å². The Labute approximate surface area is 174 Å². The van der Waals surface area contributed by atoms with Crippen molar-refractivity contribution in [2.45, 2.75) is 70.8 Å². The predicted octanol–water partition coefficient (Wildman–Crippen LogP) is 2.03. The molecule has 5 N–H and O–H groups in total. The van der Waals surface area contributed by atoms with Crippen LogP contribution in [-0.2, 0) is 4.74 Å². The van der Waals surface area contributed by atoms with Gasteiger partial charge in [0.1, 0.15) is 0 Å². The van der Waals surface area contributed by atoms with Crippen LogP contribution in [0.5, 0.6) is 0 Å². The van der Waals surface area contributed by atoms with Crippen molar-refractivity contribution in [2.75, 3.05) is 72.1 Å². The highest BCUT2D eigenvalue weighted by Crippen LogP contribution is 2.18. The van der Waals surface area contributed by atoms with E-state index in [4.69, 9.17) is 16.2 Å². The van der Waals surface area contributed by atoms with Gasteiger partial charge in [-0.05, 0) is 6.42 Å². The molecule has 2 aliphatic rings. The van der Waals surface area contributed by atoms with Gasteiger partial charge in [-0.2, -0.15) is 0 Å². The largest absolute Gasteiger partial charge is 0.373 e. The number of hydrogen-bond acceptors (Lipinski definition) is 6. The third kappa shape index (κ3) is 15.7. The van der Waals surface area contributed by atoms with E-state index in [-0.39, 0.29) is 0 Å². The Morgan fingerprint density at radius 3 is 1.89 bits per heavy atom. The summed E-state index contributed by atoms with van der Waals surface area (Å²) in [5, 5.41) is 3.32. The molecular formula is C22H49N5O. The molecule has 2 rings (SSSR count). The van der Waals surface area contributed by atoms with E-state index < -0.39 is 0 Å². The van der Waals surface area contributed by atoms with Crippen LogP contribution in [-0.4, -0.2) is 88.0 Å². The second kappa shape index (κ2) is 18.8. The second-order valence-electron chi connectivity index (χ2n) is 8.23. The summed E-state index contributed by atoms with van der Waals surface area (Å²) < 4.78 is 5.17. The van der Waals surface area contributed by atoms with Gasteiger partial charge >= 0.3 is 0 Å². The van der Waals surface area contributed by atoms with Crippen LogP contribution in [0, 0.1) is 0 Å². The average Bonchev–Trinajstić information content (AvgIpc) is 3.54. The highest BCUT2D eigenvalue weighted by molar-refractivity contribution is 4.72. The number of epoxide rings is 1. The molecule has 0 aromatic heterocycles. The van der Waals surface area contributed by atoms with Crippen LogP contribution in [0.3, 0.4) is 0 Å². The third-order valence-corrected chi connectivity index (χ3v) is 5.62. The Morgan fingerprint density at radius 1 is 0.786 bits per heavy atom. The topological polar surface area (TPSA) is 83.1 Å². The van der Waals surface area contributed by atoms with Crippen LogP contribution >= 0.6 is 0 Å². The summed E-state index contributed by atoms with van der Waals surface area (Å²) in [5.74, 6) is 0. The molecule has 0 aliphatic carbocycles. The van der Waals surface area contributed by atoms with E-state index >= 15 is 0 Å². The number of piperazine rings is 1. The molecule has 6 heteroatoms. The van der Waals surface area contributed by atoms with Gasteiger partial charge in [0, 0.05) is 65.4 Å². The van der Waals surface area contributed by atoms with E-state index in [2.05, 4.69) is 22.0 Å². The minimum atomic E-state index is 0.653. The minimum Gasteiger partial charge on any atom is -0.373 e. The van der Waals surface area contributed by atoms with Gasteiger partial charge in [-0.1, -0.05) is 58.3 Å². The highest BCUT2D eigenvalue weighted by Gasteiger charge is 2.20. The van der Waals surface area contributed by atoms with Crippen molar-refractivity contribution in [2.24, 2.45) is 11.5 Å². The normalized spacial score (nSPS) is 20.0. The fourth-order valence-corrected chi connectivity index (χ4v) is 3.62. The molecule has 2 saturated heterocycles. The molecule has 0 aromatic rings. The summed E-state index contributed by atoms with van der Waals surface area (Å²) in [7, 11) is 0. The maximum atomic E-state index is 5.53. The summed E-state index contributed by atoms with van der Waals surface area (Å²) in [6, 6.07) is 0. The van der Waals surface area contributed by atoms with E-state index in [0.717, 1.165) is 59.0 Å². The van der Waals surface area contributed by atoms with Crippen molar-refractivity contribution in [1.82, 2.24) is 15.1 Å². The number of rotatable bonds is 16. The van der Waals surface area contributed by atoms with Crippen LogP contribution in [0.1, 0.15) is 64.7 Å². The van der Waals surface area contributed by atoms with E-state index in [1.807, 2.05) is 0 Å². The van der Waals surface area contributed by atoms with Gasteiger partial charge in [0.25, 0.3) is 0 Å². The molecule has 6 nitrogen and oxygen atoms in total. The summed E-state index contributed by atoms with van der Waals surface area (Å²) in [4.78, 5) is 4.93. The smallest absolute Gasteiger partial charge is 0.0810 e. The molecule has 1 atom stereocenters. The van der Waals surface area contributed by atoms with E-state index in [0.29, 0.717) is 6.10 Å². The Bertz CT molecular complexity index is 317. The molecule has 0 radical (unpaired) electrons. The van der Waals surface area contributed by atoms with Gasteiger partial charge in [-0.3, -0.25) is 9.80 Å². The Morgan fingerprint density at radius 2 is 1.36 bits per heavy atom. The molecule has 0 aromatic carbocycles. The first-order valence-electron chi connectivity index (χ1n) is 12.0. The molecule has 2 aliphatic heterocycles. The quantitative estimate of drug-likeness (QED) is 0.272. The lowest BCUT2D eigenvalue weighted by molar-refractivity contribution is 0.136. The summed E-state index contributed by atoms with van der Waals surface area (Å²) >= 11 is 0. The van der Waals surface area contributed by atoms with Crippen molar-refractivity contribution in [1.29, 1.82) is 0 Å². The first-order valence-corrected chi connectivity index (χ1v) is 12.0. The molecule has 168 valence electrons. The van der Waals surface area contributed by atoms with Crippen LogP contribution in [0.4, 0.5) is 0 Å². The second-order valence-corrected chi connectivity index (χ2v) is 8.23. The number of hydrogen-bond donors (Lipinski definition) is 3. The van der Waals surface area contributed by atoms with Crippen LogP contribution in [0.15, 0.2) is 0 Å². The first-order chi connectivity index (χ1) is 13.8. The van der Waals surface area contributed by atoms with E-state index in [1.54, 1.807) is 0 Å². The van der Waals surface area contributed by atoms with E-state index in [1.165, 1.54) is 70.9 Å². The molecular weight excluding hydrogens is 350 g/mol. The number of ether oxygens (including phenoxy) is 1. The predicted molar refractivity (Wildman–Crippen MR) is 121 cm³/mol. The number of nitrogens with zero attached hydrogens (tertiary/aromatic N) is 2. The van der Waals surface area contributed by atoms with Crippen molar-refractivity contribution < 1.29 is 4.74 Å². The number of nitrogens with two attached hydrogens (primary N) is 2.